The average Bonchev–Trinajstić information content (AvgIpc) is 3.11. The van der Waals surface area contributed by atoms with Gasteiger partial charge in [-0.15, -0.1) is 5.10 Å². The van der Waals surface area contributed by atoms with Crippen molar-refractivity contribution in [2.75, 3.05) is 26.8 Å². The molecule has 26 heavy (non-hydrogen) atoms. The van der Waals surface area contributed by atoms with E-state index >= 15 is 0 Å². The van der Waals surface area contributed by atoms with Crippen LogP contribution in [0.2, 0.25) is 0 Å². The molecule has 140 valence electrons. The highest BCUT2D eigenvalue weighted by molar-refractivity contribution is 7.89. The number of sulfonamides is 1. The van der Waals surface area contributed by atoms with Crippen molar-refractivity contribution >= 4 is 10.0 Å². The van der Waals surface area contributed by atoms with Gasteiger partial charge in [0.1, 0.15) is 16.5 Å². The molecule has 9 heteroatoms. The number of hydrogen-bond donors (Lipinski definition) is 0. The molecule has 1 unspecified atom stereocenters. The minimum Gasteiger partial charge on any atom is -0.495 e. The van der Waals surface area contributed by atoms with Gasteiger partial charge >= 0.3 is 0 Å². The average molecular weight is 381 g/mol. The third kappa shape index (κ3) is 3.94. The van der Waals surface area contributed by atoms with Crippen LogP contribution in [0.4, 0.5) is 4.39 Å². The molecule has 0 spiro atoms. The van der Waals surface area contributed by atoms with Crippen molar-refractivity contribution in [2.24, 2.45) is 5.92 Å². The molecule has 1 aliphatic rings. The van der Waals surface area contributed by atoms with Crippen LogP contribution < -0.4 is 9.47 Å². The predicted molar refractivity (Wildman–Crippen MR) is 92.1 cm³/mol. The second-order valence-corrected chi connectivity index (χ2v) is 8.04. The lowest BCUT2D eigenvalue weighted by atomic mass is 10.1. The molecule has 2 aromatic rings. The molecule has 0 saturated carbocycles. The zero-order chi connectivity index (χ0) is 18.7. The first kappa shape index (κ1) is 18.5. The Kier molecular flexibility index (Phi) is 5.38. The van der Waals surface area contributed by atoms with Gasteiger partial charge in [0.05, 0.1) is 19.4 Å². The topological polar surface area (TPSA) is 81.6 Å². The lowest BCUT2D eigenvalue weighted by Gasteiger charge is -2.18. The van der Waals surface area contributed by atoms with E-state index in [1.54, 1.807) is 12.1 Å². The van der Waals surface area contributed by atoms with Gasteiger partial charge in [-0.3, -0.25) is 0 Å². The molecule has 7 nitrogen and oxygen atoms in total. The molecule has 3 rings (SSSR count). The standard InChI is InChI=1S/C17H20FN3O4S/c1-12-3-6-17(20-19-12)25-11-13-7-8-21(10-13)26(22,23)16-9-14(18)4-5-15(16)24-2/h3-6,9,13H,7-8,10-11H2,1-2H3. The van der Waals surface area contributed by atoms with Crippen molar-refractivity contribution in [1.82, 2.24) is 14.5 Å². The van der Waals surface area contributed by atoms with Crippen molar-refractivity contribution in [1.29, 1.82) is 0 Å². The Labute approximate surface area is 151 Å². The van der Waals surface area contributed by atoms with E-state index in [2.05, 4.69) is 10.2 Å². The van der Waals surface area contributed by atoms with Crippen LogP contribution in [0.3, 0.4) is 0 Å². The minimum atomic E-state index is -3.84. The lowest BCUT2D eigenvalue weighted by molar-refractivity contribution is 0.244. The van der Waals surface area contributed by atoms with Gasteiger partial charge in [-0.2, -0.15) is 9.40 Å². The Balaban J connectivity index is 1.67. The Morgan fingerprint density at radius 3 is 2.77 bits per heavy atom. The Hall–Kier alpha value is -2.26. The van der Waals surface area contributed by atoms with Gasteiger partial charge in [0.25, 0.3) is 0 Å². The van der Waals surface area contributed by atoms with E-state index in [9.17, 15) is 12.8 Å². The number of aromatic nitrogens is 2. The first-order valence-electron chi connectivity index (χ1n) is 8.17. The van der Waals surface area contributed by atoms with Crippen LogP contribution in [-0.2, 0) is 10.0 Å². The van der Waals surface area contributed by atoms with Crippen LogP contribution in [0.5, 0.6) is 11.6 Å². The number of benzene rings is 1. The SMILES string of the molecule is COc1ccc(F)cc1S(=O)(=O)N1CCC(COc2ccc(C)nn2)C1. The van der Waals surface area contributed by atoms with E-state index < -0.39 is 15.8 Å². The summed E-state index contributed by atoms with van der Waals surface area (Å²) in [6.45, 7) is 2.80. The molecule has 1 aromatic heterocycles. The third-order valence-corrected chi connectivity index (χ3v) is 6.12. The normalized spacial score (nSPS) is 18.0. The summed E-state index contributed by atoms with van der Waals surface area (Å²) < 4.78 is 51.2. The maximum atomic E-state index is 13.5. The van der Waals surface area contributed by atoms with Crippen molar-refractivity contribution in [3.8, 4) is 11.6 Å². The monoisotopic (exact) mass is 381 g/mol. The number of hydrogen-bond acceptors (Lipinski definition) is 6. The number of aryl methyl sites for hydroxylation is 1. The largest absolute Gasteiger partial charge is 0.495 e. The molecule has 0 N–H and O–H groups in total. The van der Waals surface area contributed by atoms with E-state index in [1.807, 2.05) is 6.92 Å². The highest BCUT2D eigenvalue weighted by Gasteiger charge is 2.34. The number of ether oxygens (including phenoxy) is 2. The van der Waals surface area contributed by atoms with Gasteiger partial charge in [0.2, 0.25) is 15.9 Å². The van der Waals surface area contributed by atoms with Crippen LogP contribution in [0.15, 0.2) is 35.2 Å². The molecule has 0 bridgehead atoms. The maximum Gasteiger partial charge on any atom is 0.246 e. The quantitative estimate of drug-likeness (QED) is 0.762. The smallest absolute Gasteiger partial charge is 0.246 e. The first-order chi connectivity index (χ1) is 12.4. The highest BCUT2D eigenvalue weighted by atomic mass is 32.2. The Morgan fingerprint density at radius 2 is 2.08 bits per heavy atom. The van der Waals surface area contributed by atoms with E-state index in [0.29, 0.717) is 32.0 Å². The fraction of sp³-hybridized carbons (Fsp3) is 0.412. The molecule has 0 amide bonds. The molecular formula is C17H20FN3O4S. The summed E-state index contributed by atoms with van der Waals surface area (Å²) in [5.74, 6) is -0.0708. The van der Waals surface area contributed by atoms with Crippen LogP contribution in [0.1, 0.15) is 12.1 Å². The summed E-state index contributed by atoms with van der Waals surface area (Å²) in [5.41, 5.74) is 0.791. The van der Waals surface area contributed by atoms with Gasteiger partial charge in [-0.25, -0.2) is 12.8 Å². The van der Waals surface area contributed by atoms with E-state index in [4.69, 9.17) is 9.47 Å². The Bertz CT molecular complexity index is 874. The van der Waals surface area contributed by atoms with Crippen molar-refractivity contribution < 1.29 is 22.3 Å². The fourth-order valence-corrected chi connectivity index (χ4v) is 4.51. The van der Waals surface area contributed by atoms with Gasteiger partial charge in [-0.05, 0) is 37.6 Å². The molecule has 1 fully saturated rings. The third-order valence-electron chi connectivity index (χ3n) is 4.23. The minimum absolute atomic E-state index is 0.0208. The van der Waals surface area contributed by atoms with E-state index in [-0.39, 0.29) is 16.6 Å². The van der Waals surface area contributed by atoms with Gasteiger partial charge in [0.15, 0.2) is 0 Å². The van der Waals surface area contributed by atoms with Crippen LogP contribution >= 0.6 is 0 Å². The summed E-state index contributed by atoms with van der Waals surface area (Å²) >= 11 is 0. The fourth-order valence-electron chi connectivity index (χ4n) is 2.81. The van der Waals surface area contributed by atoms with E-state index in [0.717, 1.165) is 11.8 Å². The molecule has 0 aliphatic carbocycles. The second-order valence-electron chi connectivity index (χ2n) is 6.14. The summed E-state index contributed by atoms with van der Waals surface area (Å²) in [4.78, 5) is -0.161. The van der Waals surface area contributed by atoms with Gasteiger partial charge < -0.3 is 9.47 Å². The maximum absolute atomic E-state index is 13.5. The number of rotatable bonds is 6. The summed E-state index contributed by atoms with van der Waals surface area (Å²) in [6, 6.07) is 6.99. The molecule has 2 heterocycles. The van der Waals surface area contributed by atoms with Crippen molar-refractivity contribution in [3.63, 3.8) is 0 Å². The van der Waals surface area contributed by atoms with E-state index in [1.165, 1.54) is 23.5 Å². The summed E-state index contributed by atoms with van der Waals surface area (Å²) in [6.07, 6.45) is 0.649. The molecule has 0 radical (unpaired) electrons. The molecule has 1 saturated heterocycles. The van der Waals surface area contributed by atoms with Crippen LogP contribution in [0, 0.1) is 18.7 Å². The zero-order valence-corrected chi connectivity index (χ0v) is 15.4. The van der Waals surface area contributed by atoms with Crippen LogP contribution in [-0.4, -0.2) is 49.7 Å². The van der Waals surface area contributed by atoms with Gasteiger partial charge in [0, 0.05) is 25.1 Å². The predicted octanol–water partition coefficient (Wildman–Crippen LogP) is 2.02. The summed E-state index contributed by atoms with van der Waals surface area (Å²) in [7, 11) is -2.48. The second kappa shape index (κ2) is 7.55. The summed E-state index contributed by atoms with van der Waals surface area (Å²) in [5, 5.41) is 7.84. The molecular weight excluding hydrogens is 361 g/mol. The van der Waals surface area contributed by atoms with Gasteiger partial charge in [-0.1, -0.05) is 0 Å². The molecule has 1 aliphatic heterocycles. The van der Waals surface area contributed by atoms with Crippen LogP contribution in [0.25, 0.3) is 0 Å². The van der Waals surface area contributed by atoms with Crippen molar-refractivity contribution in [2.45, 2.75) is 18.2 Å². The first-order valence-corrected chi connectivity index (χ1v) is 9.61. The number of halogens is 1. The zero-order valence-electron chi connectivity index (χ0n) is 14.6. The lowest BCUT2D eigenvalue weighted by Crippen LogP contribution is -2.30. The Morgan fingerprint density at radius 1 is 1.27 bits per heavy atom. The number of nitrogens with zero attached hydrogens (tertiary/aromatic N) is 3. The molecule has 1 aromatic carbocycles. The highest BCUT2D eigenvalue weighted by Crippen LogP contribution is 2.31. The molecule has 1 atom stereocenters. The van der Waals surface area contributed by atoms with Crippen molar-refractivity contribution in [3.05, 3.63) is 41.8 Å². The number of methoxy groups -OCH3 is 1.